The molecule has 2 heterocycles. The highest BCUT2D eigenvalue weighted by Gasteiger charge is 2.12. The summed E-state index contributed by atoms with van der Waals surface area (Å²) in [5.41, 5.74) is 6.15. The summed E-state index contributed by atoms with van der Waals surface area (Å²) in [4.78, 5) is 16.3. The van der Waals surface area contributed by atoms with E-state index in [0.717, 1.165) is 10.8 Å². The molecule has 0 aliphatic rings. The number of pyridine rings is 1. The zero-order valence-corrected chi connectivity index (χ0v) is 10.9. The Balaban J connectivity index is 1.95. The number of hydrogen-bond acceptors (Lipinski definition) is 4. The number of carbonyl (C=O) groups excluding carboxylic acids is 1. The quantitative estimate of drug-likeness (QED) is 0.741. The van der Waals surface area contributed by atoms with Gasteiger partial charge >= 0.3 is 0 Å². The topological polar surface area (TPSA) is 85.8 Å². The molecule has 100 valence electrons. The SMILES string of the molecule is Cn1ccc(NC(=O)c2cc3ccccc3c(N)n2)n1. The van der Waals surface area contributed by atoms with Gasteiger partial charge in [0, 0.05) is 24.7 Å². The van der Waals surface area contributed by atoms with Crippen molar-refractivity contribution in [3.63, 3.8) is 0 Å². The van der Waals surface area contributed by atoms with Gasteiger partial charge in [0.1, 0.15) is 11.5 Å². The van der Waals surface area contributed by atoms with E-state index in [9.17, 15) is 4.79 Å². The van der Waals surface area contributed by atoms with Crippen molar-refractivity contribution in [3.05, 3.63) is 48.3 Å². The zero-order chi connectivity index (χ0) is 14.1. The molecule has 0 saturated heterocycles. The van der Waals surface area contributed by atoms with Crippen LogP contribution in [-0.2, 0) is 7.05 Å². The van der Waals surface area contributed by atoms with Crippen LogP contribution in [0.4, 0.5) is 11.6 Å². The minimum absolute atomic E-state index is 0.270. The number of amides is 1. The van der Waals surface area contributed by atoms with Crippen molar-refractivity contribution >= 4 is 28.3 Å². The molecule has 0 spiro atoms. The smallest absolute Gasteiger partial charge is 0.275 e. The first-order valence-corrected chi connectivity index (χ1v) is 6.10. The van der Waals surface area contributed by atoms with Crippen LogP contribution in [0, 0.1) is 0 Å². The molecule has 3 rings (SSSR count). The van der Waals surface area contributed by atoms with Gasteiger partial charge in [0.05, 0.1) is 0 Å². The van der Waals surface area contributed by atoms with Gasteiger partial charge in [0.15, 0.2) is 5.82 Å². The Morgan fingerprint density at radius 1 is 1.30 bits per heavy atom. The Hall–Kier alpha value is -2.89. The molecule has 0 radical (unpaired) electrons. The number of nitrogens with zero attached hydrogens (tertiary/aromatic N) is 3. The molecule has 3 aromatic rings. The summed E-state index contributed by atoms with van der Waals surface area (Å²) >= 11 is 0. The Bertz CT molecular complexity index is 793. The van der Waals surface area contributed by atoms with Gasteiger partial charge in [-0.3, -0.25) is 9.48 Å². The fourth-order valence-electron chi connectivity index (χ4n) is 2.00. The average Bonchev–Trinajstić information content (AvgIpc) is 2.84. The summed E-state index contributed by atoms with van der Waals surface area (Å²) in [6.45, 7) is 0. The molecule has 20 heavy (non-hydrogen) atoms. The summed E-state index contributed by atoms with van der Waals surface area (Å²) in [5.74, 6) is 0.487. The number of anilines is 2. The van der Waals surface area contributed by atoms with Crippen molar-refractivity contribution in [2.24, 2.45) is 7.05 Å². The van der Waals surface area contributed by atoms with Crippen LogP contribution in [0.5, 0.6) is 0 Å². The number of nitrogen functional groups attached to an aromatic ring is 1. The summed E-state index contributed by atoms with van der Waals surface area (Å²) in [7, 11) is 1.78. The highest BCUT2D eigenvalue weighted by molar-refractivity contribution is 6.05. The summed E-state index contributed by atoms with van der Waals surface area (Å²) in [5, 5.41) is 8.48. The van der Waals surface area contributed by atoms with Crippen LogP contribution in [-0.4, -0.2) is 20.7 Å². The molecule has 0 aliphatic carbocycles. The Labute approximate surface area is 115 Å². The molecular weight excluding hydrogens is 254 g/mol. The molecule has 3 N–H and O–H groups in total. The van der Waals surface area contributed by atoms with Crippen LogP contribution in [0.15, 0.2) is 42.6 Å². The van der Waals surface area contributed by atoms with E-state index in [2.05, 4.69) is 15.4 Å². The number of rotatable bonds is 2. The van der Waals surface area contributed by atoms with Crippen LogP contribution in [0.3, 0.4) is 0 Å². The summed E-state index contributed by atoms with van der Waals surface area (Å²) in [6, 6.07) is 11.0. The Morgan fingerprint density at radius 2 is 2.10 bits per heavy atom. The van der Waals surface area contributed by atoms with Crippen molar-refractivity contribution in [3.8, 4) is 0 Å². The second-order valence-electron chi connectivity index (χ2n) is 4.44. The second kappa shape index (κ2) is 4.65. The number of aromatic nitrogens is 3. The van der Waals surface area contributed by atoms with Crippen LogP contribution < -0.4 is 11.1 Å². The number of carbonyl (C=O) groups is 1. The lowest BCUT2D eigenvalue weighted by Gasteiger charge is -2.05. The monoisotopic (exact) mass is 267 g/mol. The van der Waals surface area contributed by atoms with Crippen LogP contribution in [0.2, 0.25) is 0 Å². The Morgan fingerprint density at radius 3 is 2.85 bits per heavy atom. The predicted molar refractivity (Wildman–Crippen MR) is 77.3 cm³/mol. The van der Waals surface area contributed by atoms with Gasteiger partial charge in [-0.05, 0) is 11.5 Å². The minimum Gasteiger partial charge on any atom is -0.383 e. The van der Waals surface area contributed by atoms with E-state index in [1.165, 1.54) is 0 Å². The van der Waals surface area contributed by atoms with E-state index in [-0.39, 0.29) is 11.6 Å². The fourth-order valence-corrected chi connectivity index (χ4v) is 2.00. The van der Waals surface area contributed by atoms with Gasteiger partial charge in [-0.1, -0.05) is 24.3 Å². The maximum atomic E-state index is 12.1. The largest absolute Gasteiger partial charge is 0.383 e. The maximum absolute atomic E-state index is 12.1. The van der Waals surface area contributed by atoms with Crippen LogP contribution in [0.25, 0.3) is 10.8 Å². The molecule has 0 fully saturated rings. The van der Waals surface area contributed by atoms with Crippen molar-refractivity contribution in [1.29, 1.82) is 0 Å². The van der Waals surface area contributed by atoms with E-state index in [0.29, 0.717) is 11.6 Å². The second-order valence-corrected chi connectivity index (χ2v) is 4.44. The van der Waals surface area contributed by atoms with Gasteiger partial charge in [-0.15, -0.1) is 0 Å². The van der Waals surface area contributed by atoms with E-state index in [1.54, 1.807) is 30.1 Å². The van der Waals surface area contributed by atoms with E-state index >= 15 is 0 Å². The highest BCUT2D eigenvalue weighted by atomic mass is 16.2. The lowest BCUT2D eigenvalue weighted by molar-refractivity contribution is 0.102. The third kappa shape index (κ3) is 2.18. The number of hydrogen-bond donors (Lipinski definition) is 2. The minimum atomic E-state index is -0.332. The van der Waals surface area contributed by atoms with E-state index in [4.69, 9.17) is 5.73 Å². The van der Waals surface area contributed by atoms with Gasteiger partial charge in [-0.25, -0.2) is 4.98 Å². The molecule has 6 heteroatoms. The highest BCUT2D eigenvalue weighted by Crippen LogP contribution is 2.20. The van der Waals surface area contributed by atoms with Crippen molar-refractivity contribution in [1.82, 2.24) is 14.8 Å². The molecule has 0 bridgehead atoms. The molecular formula is C14H13N5O. The van der Waals surface area contributed by atoms with Crippen LogP contribution in [0.1, 0.15) is 10.5 Å². The van der Waals surface area contributed by atoms with E-state index < -0.39 is 0 Å². The summed E-state index contributed by atoms with van der Waals surface area (Å²) in [6.07, 6.45) is 1.75. The number of fused-ring (bicyclic) bond motifs is 1. The fraction of sp³-hybridized carbons (Fsp3) is 0.0714. The number of nitrogens with two attached hydrogens (primary N) is 1. The third-order valence-electron chi connectivity index (χ3n) is 2.96. The predicted octanol–water partition coefficient (Wildman–Crippen LogP) is 1.80. The number of aryl methyl sites for hydroxylation is 1. The molecule has 0 saturated carbocycles. The molecule has 0 atom stereocenters. The lowest BCUT2D eigenvalue weighted by Crippen LogP contribution is -2.15. The number of nitrogens with one attached hydrogen (secondary N) is 1. The standard InChI is InChI=1S/C14H13N5O/c1-19-7-6-12(18-19)17-14(20)11-8-9-4-2-3-5-10(9)13(15)16-11/h2-8H,1H3,(H2,15,16)(H,17,18,20). The molecule has 2 aromatic heterocycles. The normalized spacial score (nSPS) is 10.7. The Kier molecular flexibility index (Phi) is 2.83. The molecule has 0 unspecified atom stereocenters. The zero-order valence-electron chi connectivity index (χ0n) is 10.9. The summed E-state index contributed by atoms with van der Waals surface area (Å²) < 4.78 is 1.61. The average molecular weight is 267 g/mol. The van der Waals surface area contributed by atoms with Crippen LogP contribution >= 0.6 is 0 Å². The first kappa shape index (κ1) is 12.2. The van der Waals surface area contributed by atoms with Crippen molar-refractivity contribution in [2.75, 3.05) is 11.1 Å². The molecule has 1 aromatic carbocycles. The van der Waals surface area contributed by atoms with Gasteiger partial charge in [0.2, 0.25) is 0 Å². The van der Waals surface area contributed by atoms with Gasteiger partial charge in [-0.2, -0.15) is 5.10 Å². The third-order valence-corrected chi connectivity index (χ3v) is 2.96. The number of benzene rings is 1. The molecule has 6 nitrogen and oxygen atoms in total. The maximum Gasteiger partial charge on any atom is 0.275 e. The van der Waals surface area contributed by atoms with Gasteiger partial charge in [0.25, 0.3) is 5.91 Å². The van der Waals surface area contributed by atoms with Crippen molar-refractivity contribution in [2.45, 2.75) is 0 Å². The lowest BCUT2D eigenvalue weighted by atomic mass is 10.1. The van der Waals surface area contributed by atoms with Crippen molar-refractivity contribution < 1.29 is 4.79 Å². The molecule has 0 aliphatic heterocycles. The molecule has 1 amide bonds. The first-order chi connectivity index (χ1) is 9.63. The van der Waals surface area contributed by atoms with E-state index in [1.807, 2.05) is 24.3 Å². The first-order valence-electron chi connectivity index (χ1n) is 6.10. The van der Waals surface area contributed by atoms with Gasteiger partial charge < -0.3 is 11.1 Å².